The average Bonchev–Trinajstić information content (AvgIpc) is 3.19. The minimum Gasteiger partial charge on any atom is -0.481 e. The summed E-state index contributed by atoms with van der Waals surface area (Å²) in [6.07, 6.45) is 3.88. The van der Waals surface area contributed by atoms with Crippen molar-refractivity contribution in [3.63, 3.8) is 0 Å². The van der Waals surface area contributed by atoms with E-state index in [0.29, 0.717) is 12.0 Å². The van der Waals surface area contributed by atoms with E-state index >= 15 is 0 Å². The molecule has 2 aromatic rings. The van der Waals surface area contributed by atoms with Gasteiger partial charge in [0, 0.05) is 17.6 Å². The third-order valence-corrected chi connectivity index (χ3v) is 4.76. The van der Waals surface area contributed by atoms with Gasteiger partial charge in [-0.25, -0.2) is 4.98 Å². The number of carboxylic acid groups (broad SMARTS) is 1. The summed E-state index contributed by atoms with van der Waals surface area (Å²) < 4.78 is 0. The number of aromatic nitrogens is 2. The SMILES string of the molecule is O=C(O)C1CC2CCC1N2C(=O)c1ccc2nc[nH]c2c1. The molecule has 108 valence electrons. The number of imidazole rings is 1. The largest absolute Gasteiger partial charge is 0.481 e. The average molecular weight is 285 g/mol. The van der Waals surface area contributed by atoms with Crippen LogP contribution < -0.4 is 0 Å². The van der Waals surface area contributed by atoms with Gasteiger partial charge in [-0.15, -0.1) is 0 Å². The number of amides is 1. The lowest BCUT2D eigenvalue weighted by atomic mass is 9.89. The molecule has 2 bridgehead atoms. The fraction of sp³-hybridized carbons (Fsp3) is 0.400. The number of H-pyrrole nitrogens is 1. The fourth-order valence-corrected chi connectivity index (χ4v) is 3.79. The molecule has 2 fully saturated rings. The van der Waals surface area contributed by atoms with Crippen molar-refractivity contribution in [3.8, 4) is 0 Å². The molecular formula is C15H15N3O3. The first-order valence-corrected chi connectivity index (χ1v) is 7.14. The third kappa shape index (κ3) is 1.75. The maximum absolute atomic E-state index is 12.7. The Morgan fingerprint density at radius 1 is 1.33 bits per heavy atom. The molecule has 2 aliphatic heterocycles. The molecule has 4 rings (SSSR count). The number of nitrogens with one attached hydrogen (secondary N) is 1. The van der Waals surface area contributed by atoms with Gasteiger partial charge in [-0.3, -0.25) is 9.59 Å². The highest BCUT2D eigenvalue weighted by molar-refractivity contribution is 5.98. The second kappa shape index (κ2) is 4.31. The van der Waals surface area contributed by atoms with Crippen LogP contribution in [0.15, 0.2) is 24.5 Å². The molecule has 2 saturated heterocycles. The number of rotatable bonds is 2. The lowest BCUT2D eigenvalue weighted by Gasteiger charge is -2.23. The molecule has 1 aromatic carbocycles. The molecular weight excluding hydrogens is 270 g/mol. The smallest absolute Gasteiger partial charge is 0.308 e. The summed E-state index contributed by atoms with van der Waals surface area (Å²) in [5, 5.41) is 9.27. The van der Waals surface area contributed by atoms with E-state index < -0.39 is 11.9 Å². The first-order chi connectivity index (χ1) is 10.1. The summed E-state index contributed by atoms with van der Waals surface area (Å²) in [6, 6.07) is 5.28. The Kier molecular flexibility index (Phi) is 2.54. The number of carboxylic acids is 1. The number of fused-ring (bicyclic) bond motifs is 3. The number of hydrogen-bond donors (Lipinski definition) is 2. The van der Waals surface area contributed by atoms with E-state index in [0.717, 1.165) is 23.9 Å². The van der Waals surface area contributed by atoms with E-state index in [1.807, 2.05) is 6.07 Å². The van der Waals surface area contributed by atoms with Crippen LogP contribution in [0.25, 0.3) is 11.0 Å². The van der Waals surface area contributed by atoms with Crippen molar-refractivity contribution < 1.29 is 14.7 Å². The van der Waals surface area contributed by atoms with Crippen LogP contribution >= 0.6 is 0 Å². The summed E-state index contributed by atoms with van der Waals surface area (Å²) in [7, 11) is 0. The normalized spacial score (nSPS) is 27.4. The number of hydrogen-bond acceptors (Lipinski definition) is 3. The molecule has 2 N–H and O–H groups in total. The van der Waals surface area contributed by atoms with E-state index in [2.05, 4.69) is 9.97 Å². The zero-order valence-electron chi connectivity index (χ0n) is 11.3. The van der Waals surface area contributed by atoms with Crippen LogP contribution in [0.5, 0.6) is 0 Å². The predicted molar refractivity (Wildman–Crippen MR) is 74.8 cm³/mol. The van der Waals surface area contributed by atoms with E-state index in [9.17, 15) is 14.7 Å². The highest BCUT2D eigenvalue weighted by Crippen LogP contribution is 2.42. The highest BCUT2D eigenvalue weighted by Gasteiger charge is 2.51. The summed E-state index contributed by atoms with van der Waals surface area (Å²) in [5.41, 5.74) is 2.23. The van der Waals surface area contributed by atoms with Crippen LogP contribution in [0.4, 0.5) is 0 Å². The third-order valence-electron chi connectivity index (χ3n) is 4.76. The van der Waals surface area contributed by atoms with Gasteiger partial charge in [0.1, 0.15) is 0 Å². The van der Waals surface area contributed by atoms with Crippen molar-refractivity contribution in [3.05, 3.63) is 30.1 Å². The first-order valence-electron chi connectivity index (χ1n) is 7.14. The van der Waals surface area contributed by atoms with Gasteiger partial charge in [0.2, 0.25) is 0 Å². The van der Waals surface area contributed by atoms with Crippen molar-refractivity contribution >= 4 is 22.9 Å². The second-order valence-corrected chi connectivity index (χ2v) is 5.83. The summed E-state index contributed by atoms with van der Waals surface area (Å²) in [6.45, 7) is 0. The van der Waals surface area contributed by atoms with Crippen LogP contribution in [0.3, 0.4) is 0 Å². The van der Waals surface area contributed by atoms with Gasteiger partial charge in [0.05, 0.1) is 23.3 Å². The minimum atomic E-state index is -0.788. The van der Waals surface area contributed by atoms with Crippen LogP contribution in [0.2, 0.25) is 0 Å². The van der Waals surface area contributed by atoms with Crippen molar-refractivity contribution in [2.24, 2.45) is 5.92 Å². The monoisotopic (exact) mass is 285 g/mol. The molecule has 6 nitrogen and oxygen atoms in total. The van der Waals surface area contributed by atoms with Crippen molar-refractivity contribution in [2.75, 3.05) is 0 Å². The maximum atomic E-state index is 12.7. The second-order valence-electron chi connectivity index (χ2n) is 5.83. The number of carbonyl (C=O) groups is 2. The van der Waals surface area contributed by atoms with E-state index in [-0.39, 0.29) is 18.0 Å². The van der Waals surface area contributed by atoms with E-state index in [1.54, 1.807) is 23.4 Å². The van der Waals surface area contributed by atoms with E-state index in [4.69, 9.17) is 0 Å². The number of aliphatic carboxylic acids is 1. The van der Waals surface area contributed by atoms with Gasteiger partial charge < -0.3 is 15.0 Å². The predicted octanol–water partition coefficient (Wildman–Crippen LogP) is 1.64. The zero-order valence-corrected chi connectivity index (χ0v) is 11.3. The summed E-state index contributed by atoms with van der Waals surface area (Å²) >= 11 is 0. The van der Waals surface area contributed by atoms with Crippen molar-refractivity contribution in [1.82, 2.24) is 14.9 Å². The quantitative estimate of drug-likeness (QED) is 0.878. The van der Waals surface area contributed by atoms with Crippen molar-refractivity contribution in [2.45, 2.75) is 31.3 Å². The molecule has 3 heterocycles. The Morgan fingerprint density at radius 2 is 2.19 bits per heavy atom. The molecule has 0 radical (unpaired) electrons. The molecule has 3 atom stereocenters. The lowest BCUT2D eigenvalue weighted by Crippen LogP contribution is -2.37. The fourth-order valence-electron chi connectivity index (χ4n) is 3.79. The van der Waals surface area contributed by atoms with Crippen LogP contribution in [0.1, 0.15) is 29.6 Å². The summed E-state index contributed by atoms with van der Waals surface area (Å²) in [5.74, 6) is -1.27. The van der Waals surface area contributed by atoms with Gasteiger partial charge in [-0.05, 0) is 37.5 Å². The van der Waals surface area contributed by atoms with Gasteiger partial charge in [0.15, 0.2) is 0 Å². The Hall–Kier alpha value is -2.37. The number of nitrogens with zero attached hydrogens (tertiary/aromatic N) is 2. The molecule has 1 amide bonds. The molecule has 0 spiro atoms. The molecule has 3 unspecified atom stereocenters. The number of carbonyl (C=O) groups excluding carboxylic acids is 1. The highest BCUT2D eigenvalue weighted by atomic mass is 16.4. The summed E-state index contributed by atoms with van der Waals surface area (Å²) in [4.78, 5) is 32.9. The Bertz CT molecular complexity index is 739. The molecule has 2 aliphatic rings. The minimum absolute atomic E-state index is 0.0669. The lowest BCUT2D eigenvalue weighted by molar-refractivity contribution is -0.142. The topological polar surface area (TPSA) is 86.3 Å². The van der Waals surface area contributed by atoms with E-state index in [1.165, 1.54) is 0 Å². The van der Waals surface area contributed by atoms with Gasteiger partial charge in [-0.1, -0.05) is 0 Å². The van der Waals surface area contributed by atoms with Crippen LogP contribution in [-0.4, -0.2) is 43.9 Å². The van der Waals surface area contributed by atoms with Crippen LogP contribution in [-0.2, 0) is 4.79 Å². The molecule has 1 aromatic heterocycles. The van der Waals surface area contributed by atoms with Gasteiger partial charge in [-0.2, -0.15) is 0 Å². The van der Waals surface area contributed by atoms with Gasteiger partial charge >= 0.3 is 5.97 Å². The van der Waals surface area contributed by atoms with Crippen LogP contribution in [0, 0.1) is 5.92 Å². The standard InChI is InChI=1S/C15H15N3O3/c19-14(8-1-3-11-12(5-8)17-7-16-11)18-9-2-4-13(18)10(6-9)15(20)21/h1,3,5,7,9-10,13H,2,4,6H2,(H,16,17)(H,20,21). The molecule has 0 aliphatic carbocycles. The van der Waals surface area contributed by atoms with Gasteiger partial charge in [0.25, 0.3) is 5.91 Å². The Labute approximate surface area is 120 Å². The molecule has 21 heavy (non-hydrogen) atoms. The molecule has 0 saturated carbocycles. The molecule has 6 heteroatoms. The Balaban J connectivity index is 1.67. The van der Waals surface area contributed by atoms with Crippen molar-refractivity contribution in [1.29, 1.82) is 0 Å². The zero-order chi connectivity index (χ0) is 14.6. The first kappa shape index (κ1) is 12.4. The maximum Gasteiger partial charge on any atom is 0.308 e. The Morgan fingerprint density at radius 3 is 2.95 bits per heavy atom. The number of benzene rings is 1. The number of aromatic amines is 1.